The number of H-pyrrole nitrogens is 1. The minimum atomic E-state index is -4.30. The van der Waals surface area contributed by atoms with Gasteiger partial charge in [0.15, 0.2) is 5.82 Å². The lowest BCUT2D eigenvalue weighted by molar-refractivity contribution is 0.102. The number of carbonyl (C=O) groups excluding carboxylic acids is 1. The number of anilines is 3. The fraction of sp³-hybridized carbons (Fsp3) is 0.467. The van der Waals surface area contributed by atoms with Gasteiger partial charge >= 0.3 is 0 Å². The lowest BCUT2D eigenvalue weighted by atomic mass is 10.0. The standard InChI is InChI=1S/C30H38F2N8O3S.2ClH/c1-30(2)27-25(18-40(30)44(42,43)23-14-19(31)13-20(32)15-23)28(37-36-27)35-29(41)24-7-6-22(39-11-9-38(3)10-12-39)16-26(24)34-17-21-5-4-8-33-21;;/h6-7,13-16,21,33-34H,4-5,8-12,17-18H2,1-3H3,(H2,35,36,37,41);2*1H/t21-;;/m1../s1. The van der Waals surface area contributed by atoms with E-state index in [4.69, 9.17) is 0 Å². The van der Waals surface area contributed by atoms with Crippen LogP contribution >= 0.6 is 24.8 Å². The number of halogens is 4. The number of amides is 1. The van der Waals surface area contributed by atoms with Gasteiger partial charge in [0, 0.05) is 68.3 Å². The summed E-state index contributed by atoms with van der Waals surface area (Å²) >= 11 is 0. The van der Waals surface area contributed by atoms with Crippen LogP contribution in [0.25, 0.3) is 0 Å². The summed E-state index contributed by atoms with van der Waals surface area (Å²) in [6.45, 7) is 8.55. The smallest absolute Gasteiger partial charge is 0.258 e. The number of carbonyl (C=O) groups is 1. The van der Waals surface area contributed by atoms with E-state index in [2.05, 4.69) is 43.0 Å². The van der Waals surface area contributed by atoms with Crippen molar-refractivity contribution in [1.82, 2.24) is 24.7 Å². The summed E-state index contributed by atoms with van der Waals surface area (Å²) in [6, 6.07) is 8.30. The summed E-state index contributed by atoms with van der Waals surface area (Å²) in [5.74, 6) is -2.16. The number of hydrogen-bond donors (Lipinski definition) is 4. The third-order valence-corrected chi connectivity index (χ3v) is 10.9. The van der Waals surface area contributed by atoms with Crippen LogP contribution in [0.5, 0.6) is 0 Å². The highest BCUT2D eigenvalue weighted by Crippen LogP contribution is 2.44. The Morgan fingerprint density at radius 2 is 1.76 bits per heavy atom. The number of likely N-dealkylation sites (N-methyl/N-ethyl adjacent to an activating group) is 1. The van der Waals surface area contributed by atoms with Gasteiger partial charge in [-0.1, -0.05) is 0 Å². The van der Waals surface area contributed by atoms with Crippen LogP contribution in [-0.4, -0.2) is 86.1 Å². The Balaban J connectivity index is 0.00000240. The Morgan fingerprint density at radius 1 is 1.07 bits per heavy atom. The normalized spacial score (nSPS) is 19.7. The molecule has 252 valence electrons. The minimum absolute atomic E-state index is 0. The lowest BCUT2D eigenvalue weighted by Crippen LogP contribution is -2.44. The van der Waals surface area contributed by atoms with Crippen LogP contribution in [-0.2, 0) is 22.1 Å². The van der Waals surface area contributed by atoms with Gasteiger partial charge in [0.2, 0.25) is 10.0 Å². The first-order chi connectivity index (χ1) is 20.9. The quantitative estimate of drug-likeness (QED) is 0.277. The minimum Gasteiger partial charge on any atom is -0.383 e. The maximum atomic E-state index is 13.9. The van der Waals surface area contributed by atoms with E-state index in [1.807, 2.05) is 12.1 Å². The molecule has 0 saturated carbocycles. The zero-order valence-corrected chi connectivity index (χ0v) is 28.3. The predicted octanol–water partition coefficient (Wildman–Crippen LogP) is 4.14. The third kappa shape index (κ3) is 6.97. The van der Waals surface area contributed by atoms with Crippen molar-refractivity contribution in [3.8, 4) is 0 Å². The molecule has 4 heterocycles. The zero-order valence-electron chi connectivity index (χ0n) is 25.9. The van der Waals surface area contributed by atoms with Crippen molar-refractivity contribution in [1.29, 1.82) is 0 Å². The summed E-state index contributed by atoms with van der Waals surface area (Å²) in [7, 11) is -2.19. The first kappa shape index (κ1) is 35.8. The highest BCUT2D eigenvalue weighted by molar-refractivity contribution is 7.89. The highest BCUT2D eigenvalue weighted by atomic mass is 35.5. The molecule has 1 amide bonds. The number of rotatable bonds is 8. The summed E-state index contributed by atoms with van der Waals surface area (Å²) < 4.78 is 56.1. The van der Waals surface area contributed by atoms with Crippen LogP contribution in [0.2, 0.25) is 0 Å². The molecular weight excluding hydrogens is 661 g/mol. The van der Waals surface area contributed by atoms with Gasteiger partial charge < -0.3 is 25.8 Å². The Morgan fingerprint density at radius 3 is 2.41 bits per heavy atom. The van der Waals surface area contributed by atoms with Gasteiger partial charge in [0.25, 0.3) is 5.91 Å². The summed E-state index contributed by atoms with van der Waals surface area (Å²) in [5.41, 5.74) is 2.03. The fourth-order valence-electron chi connectivity index (χ4n) is 6.26. The van der Waals surface area contributed by atoms with Crippen molar-refractivity contribution in [3.05, 3.63) is 64.9 Å². The number of hydrogen-bond acceptors (Lipinski definition) is 8. The zero-order chi connectivity index (χ0) is 31.2. The second-order valence-electron chi connectivity index (χ2n) is 12.3. The van der Waals surface area contributed by atoms with Crippen LogP contribution in [0, 0.1) is 11.6 Å². The molecule has 16 heteroatoms. The summed E-state index contributed by atoms with van der Waals surface area (Å²) in [4.78, 5) is 17.8. The number of fused-ring (bicyclic) bond motifs is 1. The van der Waals surface area contributed by atoms with Crippen LogP contribution in [0.3, 0.4) is 0 Å². The van der Waals surface area contributed by atoms with Crippen molar-refractivity contribution >= 4 is 57.9 Å². The molecule has 2 fully saturated rings. The topological polar surface area (TPSA) is 126 Å². The van der Waals surface area contributed by atoms with E-state index < -0.39 is 38.0 Å². The molecule has 0 unspecified atom stereocenters. The Kier molecular flexibility index (Phi) is 10.9. The first-order valence-electron chi connectivity index (χ1n) is 14.9. The molecule has 0 bridgehead atoms. The molecule has 4 N–H and O–H groups in total. The number of benzene rings is 2. The summed E-state index contributed by atoms with van der Waals surface area (Å²) in [6.07, 6.45) is 2.17. The Hall–Kier alpha value is -3.01. The molecule has 11 nitrogen and oxygen atoms in total. The molecule has 6 rings (SSSR count). The number of sulfonamides is 1. The largest absolute Gasteiger partial charge is 0.383 e. The van der Waals surface area contributed by atoms with Gasteiger partial charge in [-0.05, 0) is 70.6 Å². The Labute approximate surface area is 280 Å². The molecule has 0 radical (unpaired) electrons. The molecule has 2 aromatic carbocycles. The van der Waals surface area contributed by atoms with Crippen molar-refractivity contribution in [2.45, 2.75) is 49.7 Å². The van der Waals surface area contributed by atoms with E-state index in [1.54, 1.807) is 19.9 Å². The van der Waals surface area contributed by atoms with Crippen LogP contribution in [0.15, 0.2) is 41.3 Å². The van der Waals surface area contributed by atoms with Crippen LogP contribution in [0.1, 0.15) is 48.3 Å². The first-order valence-corrected chi connectivity index (χ1v) is 16.3. The van der Waals surface area contributed by atoms with Crippen molar-refractivity contribution in [2.24, 2.45) is 0 Å². The molecular formula is C30H40Cl2F2N8O3S. The van der Waals surface area contributed by atoms with Crippen LogP contribution < -0.4 is 20.9 Å². The number of aromatic nitrogens is 2. The molecule has 1 aromatic heterocycles. The molecule has 0 aliphatic carbocycles. The van der Waals surface area contributed by atoms with Gasteiger partial charge in [0.05, 0.1) is 21.7 Å². The molecule has 46 heavy (non-hydrogen) atoms. The number of nitrogens with one attached hydrogen (secondary N) is 4. The van der Waals surface area contributed by atoms with Crippen molar-refractivity contribution in [3.63, 3.8) is 0 Å². The van der Waals surface area contributed by atoms with E-state index >= 15 is 0 Å². The van der Waals surface area contributed by atoms with Gasteiger partial charge in [-0.15, -0.1) is 24.8 Å². The maximum Gasteiger partial charge on any atom is 0.258 e. The Bertz CT molecular complexity index is 1660. The number of nitrogens with zero attached hydrogens (tertiary/aromatic N) is 4. The van der Waals surface area contributed by atoms with E-state index in [0.717, 1.165) is 67.7 Å². The molecule has 2 saturated heterocycles. The third-order valence-electron chi connectivity index (χ3n) is 8.88. The highest BCUT2D eigenvalue weighted by Gasteiger charge is 2.48. The number of piperazine rings is 1. The monoisotopic (exact) mass is 700 g/mol. The van der Waals surface area contributed by atoms with E-state index in [-0.39, 0.29) is 37.2 Å². The van der Waals surface area contributed by atoms with E-state index in [9.17, 15) is 22.0 Å². The molecule has 3 aromatic rings. The predicted molar refractivity (Wildman–Crippen MR) is 179 cm³/mol. The lowest BCUT2D eigenvalue weighted by Gasteiger charge is -2.34. The van der Waals surface area contributed by atoms with E-state index in [1.165, 1.54) is 0 Å². The molecule has 3 aliphatic heterocycles. The van der Waals surface area contributed by atoms with Gasteiger partial charge in [0.1, 0.15) is 11.6 Å². The summed E-state index contributed by atoms with van der Waals surface area (Å²) in [5, 5.41) is 17.0. The van der Waals surface area contributed by atoms with Gasteiger partial charge in [-0.2, -0.15) is 9.40 Å². The van der Waals surface area contributed by atoms with Gasteiger partial charge in [-0.3, -0.25) is 9.89 Å². The maximum absolute atomic E-state index is 13.9. The average molecular weight is 702 g/mol. The molecule has 1 atom stereocenters. The van der Waals surface area contributed by atoms with Crippen LogP contribution in [0.4, 0.5) is 26.0 Å². The van der Waals surface area contributed by atoms with Crippen molar-refractivity contribution in [2.75, 3.05) is 61.8 Å². The molecule has 3 aliphatic rings. The number of aromatic amines is 1. The second kappa shape index (κ2) is 14.0. The fourth-order valence-corrected chi connectivity index (χ4v) is 8.03. The van der Waals surface area contributed by atoms with E-state index in [0.29, 0.717) is 41.2 Å². The van der Waals surface area contributed by atoms with Gasteiger partial charge in [-0.25, -0.2) is 17.2 Å². The average Bonchev–Trinajstić information content (AvgIpc) is 3.70. The second-order valence-corrected chi connectivity index (χ2v) is 14.1. The molecule has 0 spiro atoms. The van der Waals surface area contributed by atoms with Crippen molar-refractivity contribution < 1.29 is 22.0 Å². The SMILES string of the molecule is CN1CCN(c2ccc(C(=O)Nc3n[nH]c4c3CN(S(=O)(=O)c3cc(F)cc(F)c3)C4(C)C)c(NC[C@H]3CCCN3)c2)CC1.Cl.Cl.